The van der Waals surface area contributed by atoms with Gasteiger partial charge in [0.1, 0.15) is 0 Å². The fraction of sp³-hybridized carbons (Fsp3) is 0.857. The van der Waals surface area contributed by atoms with Crippen LogP contribution in [0.1, 0.15) is 13.8 Å². The molecule has 1 unspecified atom stereocenters. The van der Waals surface area contributed by atoms with E-state index in [1.54, 1.807) is 0 Å². The van der Waals surface area contributed by atoms with Gasteiger partial charge in [-0.2, -0.15) is 11.8 Å². The summed E-state index contributed by atoms with van der Waals surface area (Å²) < 4.78 is 0.348. The molecule has 0 radical (unpaired) electrons. The molecule has 1 heterocycles. The van der Waals surface area contributed by atoms with Gasteiger partial charge in [-0.3, -0.25) is 0 Å². The third-order valence-corrected chi connectivity index (χ3v) is 3.84. The molecule has 0 aromatic heterocycles. The molecule has 0 saturated carbocycles. The molecule has 4 heteroatoms. The second-order valence-electron chi connectivity index (χ2n) is 3.19. The predicted octanol–water partition coefficient (Wildman–Crippen LogP) is 0.974. The van der Waals surface area contributed by atoms with Crippen LogP contribution in [0.4, 0.5) is 0 Å². The summed E-state index contributed by atoms with van der Waals surface area (Å²) in [5.41, 5.74) is 0. The summed E-state index contributed by atoms with van der Waals surface area (Å²) in [6.45, 7) is 4.47. The molecule has 0 aromatic rings. The van der Waals surface area contributed by atoms with Crippen molar-refractivity contribution in [3.8, 4) is 0 Å². The minimum Gasteiger partial charge on any atom is -0.366 e. The monoisotopic (exact) mass is 190 g/mol. The van der Waals surface area contributed by atoms with Gasteiger partial charge in [0.05, 0.1) is 6.04 Å². The van der Waals surface area contributed by atoms with E-state index < -0.39 is 0 Å². The van der Waals surface area contributed by atoms with Gasteiger partial charge in [-0.25, -0.2) is 0 Å². The van der Waals surface area contributed by atoms with Crippen LogP contribution in [0.5, 0.6) is 0 Å². The number of hydrogen-bond acceptors (Lipinski definition) is 2. The largest absolute Gasteiger partial charge is 0.366 e. The van der Waals surface area contributed by atoms with E-state index in [9.17, 15) is 0 Å². The number of thioether (sulfide) groups is 1. The lowest BCUT2D eigenvalue weighted by Gasteiger charge is -2.44. The van der Waals surface area contributed by atoms with Gasteiger partial charge in [0.25, 0.3) is 0 Å². The van der Waals surface area contributed by atoms with Crippen molar-refractivity contribution >= 4 is 29.1 Å². The molecule has 2 nitrogen and oxygen atoms in total. The highest BCUT2D eigenvalue weighted by Gasteiger charge is 2.39. The molecule has 0 amide bonds. The molecule has 1 aliphatic rings. The highest BCUT2D eigenvalue weighted by molar-refractivity contribution is 8.02. The third kappa shape index (κ3) is 1.99. The fourth-order valence-electron chi connectivity index (χ4n) is 0.946. The van der Waals surface area contributed by atoms with Gasteiger partial charge in [0, 0.05) is 17.5 Å². The normalized spacial score (nSPS) is 27.0. The summed E-state index contributed by atoms with van der Waals surface area (Å²) in [4.78, 5) is 0. The molecule has 1 aliphatic heterocycles. The summed E-state index contributed by atoms with van der Waals surface area (Å²) in [6.07, 6.45) is 0. The van der Waals surface area contributed by atoms with E-state index in [0.717, 1.165) is 10.9 Å². The van der Waals surface area contributed by atoms with Crippen molar-refractivity contribution in [3.63, 3.8) is 0 Å². The lowest BCUT2D eigenvalue weighted by molar-refractivity contribution is 0.498. The van der Waals surface area contributed by atoms with Gasteiger partial charge in [-0.15, -0.1) is 0 Å². The molecule has 1 saturated heterocycles. The molecular formula is C7H14N2S2. The average molecular weight is 190 g/mol. The van der Waals surface area contributed by atoms with Gasteiger partial charge < -0.3 is 10.6 Å². The van der Waals surface area contributed by atoms with E-state index in [-0.39, 0.29) is 0 Å². The van der Waals surface area contributed by atoms with Crippen LogP contribution in [-0.4, -0.2) is 28.7 Å². The number of rotatable bonds is 1. The second kappa shape index (κ2) is 3.19. The van der Waals surface area contributed by atoms with Crippen molar-refractivity contribution in [2.24, 2.45) is 0 Å². The first kappa shape index (κ1) is 9.13. The summed E-state index contributed by atoms with van der Waals surface area (Å²) >= 11 is 6.98. The molecule has 1 fully saturated rings. The van der Waals surface area contributed by atoms with E-state index in [1.807, 2.05) is 18.8 Å². The maximum atomic E-state index is 5.00. The van der Waals surface area contributed by atoms with Crippen LogP contribution < -0.4 is 10.6 Å². The maximum absolute atomic E-state index is 5.00. The summed E-state index contributed by atoms with van der Waals surface area (Å²) in [5.74, 6) is 1.16. The predicted molar refractivity (Wildman–Crippen MR) is 55.1 cm³/mol. The first-order chi connectivity index (χ1) is 5.06. The molecule has 11 heavy (non-hydrogen) atoms. The number of hydrogen-bond donors (Lipinski definition) is 2. The van der Waals surface area contributed by atoms with Crippen LogP contribution in [0.3, 0.4) is 0 Å². The van der Waals surface area contributed by atoms with Gasteiger partial charge in [0.15, 0.2) is 5.11 Å². The first-order valence-corrected chi connectivity index (χ1v) is 5.08. The molecule has 2 N–H and O–H groups in total. The van der Waals surface area contributed by atoms with Gasteiger partial charge in [-0.1, -0.05) is 0 Å². The zero-order valence-corrected chi connectivity index (χ0v) is 8.73. The van der Waals surface area contributed by atoms with Gasteiger partial charge >= 0.3 is 0 Å². The van der Waals surface area contributed by atoms with Crippen molar-refractivity contribution in [2.45, 2.75) is 24.6 Å². The van der Waals surface area contributed by atoms with Crippen molar-refractivity contribution in [1.29, 1.82) is 0 Å². The van der Waals surface area contributed by atoms with Crippen molar-refractivity contribution in [1.82, 2.24) is 10.6 Å². The highest BCUT2D eigenvalue weighted by Crippen LogP contribution is 2.39. The topological polar surface area (TPSA) is 24.1 Å². The minimum absolute atomic E-state index is 0.348. The second-order valence-corrected chi connectivity index (χ2v) is 5.27. The Morgan fingerprint density at radius 3 is 2.55 bits per heavy atom. The van der Waals surface area contributed by atoms with Gasteiger partial charge in [0.2, 0.25) is 0 Å². The fourth-order valence-corrected chi connectivity index (χ4v) is 2.23. The summed E-state index contributed by atoms with van der Waals surface area (Å²) in [6, 6.07) is 0.535. The van der Waals surface area contributed by atoms with E-state index in [1.165, 1.54) is 0 Å². The molecule has 1 atom stereocenters. The zero-order valence-electron chi connectivity index (χ0n) is 7.10. The zero-order chi connectivity index (χ0) is 8.48. The number of thiocarbonyl (C=S) groups is 1. The van der Waals surface area contributed by atoms with Crippen molar-refractivity contribution < 1.29 is 0 Å². The lowest BCUT2D eigenvalue weighted by atomic mass is 10.0. The Hall–Kier alpha value is 0.0400. The van der Waals surface area contributed by atoms with Crippen LogP contribution in [0.15, 0.2) is 0 Å². The molecule has 0 aromatic carbocycles. The Kier molecular flexibility index (Phi) is 2.65. The Balaban J connectivity index is 2.34. The van der Waals surface area contributed by atoms with Crippen LogP contribution in [0.2, 0.25) is 0 Å². The molecule has 1 rings (SSSR count). The quantitative estimate of drug-likeness (QED) is 0.602. The van der Waals surface area contributed by atoms with Crippen molar-refractivity contribution in [2.75, 3.05) is 12.8 Å². The van der Waals surface area contributed by atoms with E-state index in [0.29, 0.717) is 10.8 Å². The molecule has 0 aliphatic carbocycles. The summed E-state index contributed by atoms with van der Waals surface area (Å²) in [5, 5.41) is 6.92. The number of nitrogens with one attached hydrogen (secondary N) is 2. The highest BCUT2D eigenvalue weighted by atomic mass is 32.2. The maximum Gasteiger partial charge on any atom is 0.166 e. The van der Waals surface area contributed by atoms with Crippen LogP contribution >= 0.6 is 24.0 Å². The van der Waals surface area contributed by atoms with Crippen molar-refractivity contribution in [3.05, 3.63) is 0 Å². The lowest BCUT2D eigenvalue weighted by Crippen LogP contribution is -2.57. The standard InChI is InChI=1S/C7H14N2S2/c1-7(2)5(4-11-7)9-6(10)8-3/h5H,4H2,1-3H3,(H2,8,9,10). The minimum atomic E-state index is 0.348. The molecular weight excluding hydrogens is 176 g/mol. The smallest absolute Gasteiger partial charge is 0.166 e. The Labute approximate surface area is 77.5 Å². The Bertz CT molecular complexity index is 168. The summed E-state index contributed by atoms with van der Waals surface area (Å²) in [7, 11) is 1.84. The van der Waals surface area contributed by atoms with Gasteiger partial charge in [-0.05, 0) is 26.1 Å². The van der Waals surface area contributed by atoms with Crippen LogP contribution in [-0.2, 0) is 0 Å². The average Bonchev–Trinajstić information content (AvgIpc) is 1.98. The Morgan fingerprint density at radius 1 is 1.64 bits per heavy atom. The van der Waals surface area contributed by atoms with Crippen LogP contribution in [0.25, 0.3) is 0 Å². The first-order valence-electron chi connectivity index (χ1n) is 3.68. The van der Waals surface area contributed by atoms with E-state index >= 15 is 0 Å². The van der Waals surface area contributed by atoms with E-state index in [2.05, 4.69) is 24.5 Å². The molecule has 64 valence electrons. The Morgan fingerprint density at radius 2 is 2.27 bits per heavy atom. The van der Waals surface area contributed by atoms with Crippen LogP contribution in [0, 0.1) is 0 Å². The SMILES string of the molecule is CNC(=S)NC1CSC1(C)C. The third-order valence-electron chi connectivity index (χ3n) is 1.99. The van der Waals surface area contributed by atoms with E-state index in [4.69, 9.17) is 12.2 Å². The molecule has 0 bridgehead atoms. The molecule has 0 spiro atoms.